The number of amides is 1. The number of para-hydroxylation sites is 1. The lowest BCUT2D eigenvalue weighted by molar-refractivity contribution is 0.156. The number of anilines is 2. The van der Waals surface area contributed by atoms with Gasteiger partial charge in [0.05, 0.1) is 5.69 Å². The number of carbonyl (C=O) groups is 1. The zero-order chi connectivity index (χ0) is 16.2. The van der Waals surface area contributed by atoms with Gasteiger partial charge in [0, 0.05) is 38.1 Å². The van der Waals surface area contributed by atoms with Gasteiger partial charge in [0.1, 0.15) is 5.69 Å². The standard InChI is InChI=1S/C17H18N4O2/c1-20(17(22)23)10-5-11-21-15-8-3-2-6-13(15)12-19-14-7-4-9-18-16(14)21/h2-4,6-9,12H,5,10-11H2,1H3,(H,22,23). The van der Waals surface area contributed by atoms with Crippen LogP contribution in [0.5, 0.6) is 0 Å². The fourth-order valence-corrected chi connectivity index (χ4v) is 2.58. The van der Waals surface area contributed by atoms with Crippen molar-refractivity contribution in [1.82, 2.24) is 9.88 Å². The minimum absolute atomic E-state index is 0.469. The Balaban J connectivity index is 1.89. The summed E-state index contributed by atoms with van der Waals surface area (Å²) in [4.78, 5) is 23.3. The lowest BCUT2D eigenvalue weighted by atomic mass is 10.1. The van der Waals surface area contributed by atoms with Crippen LogP contribution < -0.4 is 4.90 Å². The van der Waals surface area contributed by atoms with E-state index in [9.17, 15) is 4.79 Å². The first-order valence-corrected chi connectivity index (χ1v) is 7.46. The van der Waals surface area contributed by atoms with Gasteiger partial charge in [0.2, 0.25) is 0 Å². The van der Waals surface area contributed by atoms with Crippen molar-refractivity contribution < 1.29 is 9.90 Å². The number of hydrogen-bond acceptors (Lipinski definition) is 4. The minimum atomic E-state index is -0.914. The normalized spacial score (nSPS) is 12.3. The summed E-state index contributed by atoms with van der Waals surface area (Å²) in [6.45, 7) is 1.14. The molecule has 1 amide bonds. The van der Waals surface area contributed by atoms with E-state index in [1.165, 1.54) is 4.90 Å². The number of fused-ring (bicyclic) bond motifs is 2. The van der Waals surface area contributed by atoms with Crippen molar-refractivity contribution in [2.45, 2.75) is 6.42 Å². The van der Waals surface area contributed by atoms with E-state index < -0.39 is 6.09 Å². The fraction of sp³-hybridized carbons (Fsp3) is 0.235. The summed E-state index contributed by atoms with van der Waals surface area (Å²) in [5, 5.41) is 8.96. The van der Waals surface area contributed by atoms with E-state index in [0.717, 1.165) is 22.8 Å². The van der Waals surface area contributed by atoms with Crippen molar-refractivity contribution in [2.24, 2.45) is 4.99 Å². The van der Waals surface area contributed by atoms with Crippen LogP contribution in [0.1, 0.15) is 12.0 Å². The van der Waals surface area contributed by atoms with E-state index >= 15 is 0 Å². The molecular weight excluding hydrogens is 292 g/mol. The largest absolute Gasteiger partial charge is 0.465 e. The smallest absolute Gasteiger partial charge is 0.407 e. The maximum Gasteiger partial charge on any atom is 0.407 e. The molecule has 1 aliphatic rings. The molecule has 0 atom stereocenters. The number of pyridine rings is 1. The van der Waals surface area contributed by atoms with Crippen LogP contribution in [0, 0.1) is 0 Å². The van der Waals surface area contributed by atoms with E-state index in [1.807, 2.05) is 42.6 Å². The van der Waals surface area contributed by atoms with Crippen LogP contribution in [0.4, 0.5) is 22.0 Å². The summed E-state index contributed by atoms with van der Waals surface area (Å²) in [5.74, 6) is 0.798. The Morgan fingerprint density at radius 2 is 2.09 bits per heavy atom. The summed E-state index contributed by atoms with van der Waals surface area (Å²) in [7, 11) is 1.58. The van der Waals surface area contributed by atoms with E-state index in [1.54, 1.807) is 13.2 Å². The molecule has 3 rings (SSSR count). The second-order valence-electron chi connectivity index (χ2n) is 5.37. The predicted octanol–water partition coefficient (Wildman–Crippen LogP) is 3.28. The van der Waals surface area contributed by atoms with Crippen molar-refractivity contribution in [3.63, 3.8) is 0 Å². The zero-order valence-corrected chi connectivity index (χ0v) is 12.9. The second kappa shape index (κ2) is 6.48. The molecule has 0 unspecified atom stereocenters. The Bertz CT molecular complexity index is 695. The first-order chi connectivity index (χ1) is 11.2. The number of hydrogen-bond donors (Lipinski definition) is 1. The third-order valence-electron chi connectivity index (χ3n) is 3.79. The number of aliphatic imine (C=N–C) groups is 1. The topological polar surface area (TPSA) is 69.0 Å². The molecule has 1 aromatic heterocycles. The lowest BCUT2D eigenvalue weighted by Crippen LogP contribution is -2.29. The molecule has 0 bridgehead atoms. The third kappa shape index (κ3) is 3.15. The van der Waals surface area contributed by atoms with Crippen molar-refractivity contribution in [3.05, 3.63) is 48.2 Å². The molecule has 0 saturated heterocycles. The number of aromatic nitrogens is 1. The van der Waals surface area contributed by atoms with Crippen LogP contribution in [0.3, 0.4) is 0 Å². The van der Waals surface area contributed by atoms with Gasteiger partial charge in [0.15, 0.2) is 5.82 Å². The minimum Gasteiger partial charge on any atom is -0.465 e. The highest BCUT2D eigenvalue weighted by atomic mass is 16.4. The summed E-state index contributed by atoms with van der Waals surface area (Å²) in [5.41, 5.74) is 2.87. The van der Waals surface area contributed by atoms with Crippen molar-refractivity contribution in [2.75, 3.05) is 25.0 Å². The van der Waals surface area contributed by atoms with Gasteiger partial charge in [-0.2, -0.15) is 0 Å². The molecule has 0 spiro atoms. The Morgan fingerprint density at radius 3 is 2.91 bits per heavy atom. The SMILES string of the molecule is CN(CCCN1c2ccccc2C=Nc2cccnc21)C(=O)O. The molecule has 1 N–H and O–H groups in total. The van der Waals surface area contributed by atoms with Crippen LogP contribution in [0.2, 0.25) is 0 Å². The highest BCUT2D eigenvalue weighted by Gasteiger charge is 2.19. The Labute approximate surface area is 134 Å². The van der Waals surface area contributed by atoms with E-state index in [4.69, 9.17) is 5.11 Å². The molecule has 0 fully saturated rings. The lowest BCUT2D eigenvalue weighted by Gasteiger charge is -2.25. The van der Waals surface area contributed by atoms with Crippen molar-refractivity contribution >= 4 is 29.5 Å². The number of benzene rings is 1. The Morgan fingerprint density at radius 1 is 1.26 bits per heavy atom. The average molecular weight is 310 g/mol. The monoisotopic (exact) mass is 310 g/mol. The summed E-state index contributed by atoms with van der Waals surface area (Å²) < 4.78 is 0. The Hall–Kier alpha value is -2.89. The van der Waals surface area contributed by atoms with Crippen molar-refractivity contribution in [1.29, 1.82) is 0 Å². The molecule has 0 aliphatic carbocycles. The van der Waals surface area contributed by atoms with Gasteiger partial charge in [0.25, 0.3) is 0 Å². The Kier molecular flexibility index (Phi) is 4.23. The van der Waals surface area contributed by atoms with Gasteiger partial charge in [-0.1, -0.05) is 18.2 Å². The number of rotatable bonds is 4. The summed E-state index contributed by atoms with van der Waals surface area (Å²) in [6, 6.07) is 11.8. The van der Waals surface area contributed by atoms with Gasteiger partial charge < -0.3 is 14.9 Å². The first-order valence-electron chi connectivity index (χ1n) is 7.46. The van der Waals surface area contributed by atoms with Gasteiger partial charge in [-0.15, -0.1) is 0 Å². The summed E-state index contributed by atoms with van der Waals surface area (Å²) >= 11 is 0. The number of carboxylic acid groups (broad SMARTS) is 1. The van der Waals surface area contributed by atoms with Crippen LogP contribution in [-0.4, -0.2) is 47.4 Å². The van der Waals surface area contributed by atoms with Crippen LogP contribution >= 0.6 is 0 Å². The maximum atomic E-state index is 10.9. The molecule has 2 aromatic rings. The molecule has 118 valence electrons. The molecule has 1 aliphatic heterocycles. The van der Waals surface area contributed by atoms with E-state index in [-0.39, 0.29) is 0 Å². The first kappa shape index (κ1) is 15.0. The van der Waals surface area contributed by atoms with Crippen LogP contribution in [0.15, 0.2) is 47.6 Å². The highest BCUT2D eigenvalue weighted by Crippen LogP contribution is 2.35. The molecule has 23 heavy (non-hydrogen) atoms. The molecule has 0 saturated carbocycles. The van der Waals surface area contributed by atoms with Gasteiger partial charge >= 0.3 is 6.09 Å². The highest BCUT2D eigenvalue weighted by molar-refractivity contribution is 5.95. The molecule has 1 aromatic carbocycles. The molecular formula is C17H18N4O2. The number of nitrogens with zero attached hydrogens (tertiary/aromatic N) is 4. The molecule has 6 nitrogen and oxygen atoms in total. The predicted molar refractivity (Wildman–Crippen MR) is 90.2 cm³/mol. The maximum absolute atomic E-state index is 10.9. The van der Waals surface area contributed by atoms with E-state index in [0.29, 0.717) is 19.5 Å². The molecule has 2 heterocycles. The fourth-order valence-electron chi connectivity index (χ4n) is 2.58. The summed E-state index contributed by atoms with van der Waals surface area (Å²) in [6.07, 6.45) is 3.38. The van der Waals surface area contributed by atoms with Gasteiger partial charge in [-0.25, -0.2) is 9.78 Å². The second-order valence-corrected chi connectivity index (χ2v) is 5.37. The van der Waals surface area contributed by atoms with Crippen molar-refractivity contribution in [3.8, 4) is 0 Å². The van der Waals surface area contributed by atoms with Gasteiger partial charge in [-0.3, -0.25) is 4.99 Å². The average Bonchev–Trinajstić information content (AvgIpc) is 2.72. The van der Waals surface area contributed by atoms with Crippen LogP contribution in [-0.2, 0) is 0 Å². The van der Waals surface area contributed by atoms with E-state index in [2.05, 4.69) is 14.9 Å². The quantitative estimate of drug-likeness (QED) is 0.941. The molecule has 0 radical (unpaired) electrons. The molecule has 6 heteroatoms. The zero-order valence-electron chi connectivity index (χ0n) is 12.9. The van der Waals surface area contributed by atoms with Gasteiger partial charge in [-0.05, 0) is 24.6 Å². The van der Waals surface area contributed by atoms with Crippen LogP contribution in [0.25, 0.3) is 0 Å². The third-order valence-corrected chi connectivity index (χ3v) is 3.79.